The zero-order chi connectivity index (χ0) is 21.3. The van der Waals surface area contributed by atoms with Crippen LogP contribution in [0.5, 0.6) is 0 Å². The van der Waals surface area contributed by atoms with Crippen LogP contribution in [0.3, 0.4) is 0 Å². The highest BCUT2D eigenvalue weighted by Gasteiger charge is 2.62. The number of hydrogen-bond donors (Lipinski definition) is 1. The third kappa shape index (κ3) is 2.94. The molecule has 4 aliphatic rings. The van der Waals surface area contributed by atoms with Gasteiger partial charge in [0.25, 0.3) is 0 Å². The maximum atomic E-state index is 13.5. The molecule has 0 bridgehead atoms. The molecule has 166 valence electrons. The van der Waals surface area contributed by atoms with Gasteiger partial charge in [-0.25, -0.2) is 0 Å². The van der Waals surface area contributed by atoms with Crippen molar-refractivity contribution >= 4 is 5.78 Å². The summed E-state index contributed by atoms with van der Waals surface area (Å²) in [7, 11) is 0. The fraction of sp³-hybridized carbons (Fsp3) is 0.880. The monoisotopic (exact) mass is 413 g/mol. The Morgan fingerprint density at radius 2 is 1.67 bits per heavy atom. The third-order valence-corrected chi connectivity index (χ3v) is 10.5. The molecule has 0 radical (unpaired) electrons. The lowest BCUT2D eigenvalue weighted by Gasteiger charge is -2.61. The Labute approximate surface area is 181 Å². The Kier molecular flexibility index (Phi) is 4.74. The van der Waals surface area contributed by atoms with Crippen molar-refractivity contribution in [3.8, 4) is 0 Å². The van der Waals surface area contributed by atoms with Crippen LogP contribution in [0.4, 0.5) is 0 Å². The summed E-state index contributed by atoms with van der Waals surface area (Å²) in [6.07, 6.45) is 13.6. The lowest BCUT2D eigenvalue weighted by atomic mass is 9.44. The van der Waals surface area contributed by atoms with Crippen LogP contribution < -0.4 is 0 Å². The van der Waals surface area contributed by atoms with Crippen LogP contribution in [-0.4, -0.2) is 31.5 Å². The smallest absolute Gasteiger partial charge is 0.162 e. The summed E-state index contributed by atoms with van der Waals surface area (Å²) in [5, 5.41) is 19.2. The van der Waals surface area contributed by atoms with Crippen LogP contribution >= 0.6 is 0 Å². The Balaban J connectivity index is 1.37. The van der Waals surface area contributed by atoms with Crippen molar-refractivity contribution in [2.75, 3.05) is 0 Å². The second kappa shape index (κ2) is 6.88. The lowest BCUT2D eigenvalue weighted by Crippen LogP contribution is -2.55. The predicted octanol–water partition coefficient (Wildman–Crippen LogP) is 4.82. The highest BCUT2D eigenvalue weighted by molar-refractivity contribution is 5.85. The summed E-state index contributed by atoms with van der Waals surface area (Å²) < 4.78 is 0. The van der Waals surface area contributed by atoms with Crippen LogP contribution in [0.2, 0.25) is 0 Å². The summed E-state index contributed by atoms with van der Waals surface area (Å²) in [6, 6.07) is -0.271. The molecule has 0 saturated heterocycles. The first kappa shape index (κ1) is 20.7. The molecule has 4 aliphatic carbocycles. The summed E-state index contributed by atoms with van der Waals surface area (Å²) >= 11 is 0. The van der Waals surface area contributed by atoms with E-state index in [1.807, 2.05) is 13.8 Å². The van der Waals surface area contributed by atoms with E-state index in [1.54, 1.807) is 17.2 Å². The molecule has 1 heterocycles. The van der Waals surface area contributed by atoms with Gasteiger partial charge in [0, 0.05) is 5.92 Å². The molecular formula is C25H39N3O2. The van der Waals surface area contributed by atoms with Crippen LogP contribution in [0.15, 0.2) is 12.4 Å². The molecule has 1 aromatic heterocycles. The zero-order valence-electron chi connectivity index (χ0n) is 19.2. The van der Waals surface area contributed by atoms with Crippen molar-refractivity contribution in [2.24, 2.45) is 40.4 Å². The lowest BCUT2D eigenvalue weighted by molar-refractivity contribution is -0.151. The van der Waals surface area contributed by atoms with Crippen molar-refractivity contribution in [3.05, 3.63) is 12.4 Å². The normalized spacial score (nSPS) is 49.0. The highest BCUT2D eigenvalue weighted by Crippen LogP contribution is 2.68. The van der Waals surface area contributed by atoms with E-state index in [-0.39, 0.29) is 17.4 Å². The van der Waals surface area contributed by atoms with Crippen LogP contribution in [-0.2, 0) is 4.79 Å². The third-order valence-electron chi connectivity index (χ3n) is 10.5. The summed E-state index contributed by atoms with van der Waals surface area (Å²) in [5.41, 5.74) is 0.0333. The first-order valence-corrected chi connectivity index (χ1v) is 12.3. The molecule has 0 amide bonds. The Hall–Kier alpha value is -1.23. The minimum atomic E-state index is -0.470. The van der Waals surface area contributed by atoms with E-state index >= 15 is 0 Å². The number of hydrogen-bond acceptors (Lipinski definition) is 4. The number of Topliss-reactive ketones (excluding diaryl/α,β-unsaturated/α-hetero) is 1. The standard InChI is InChI=1S/C25H39N3O2/c1-16(28-26-13-14-27-28)22(29)21-8-7-19-18-6-5-17-15-23(2,30)11-12-24(17,3)20(18)9-10-25(19,21)4/h13-14,16-21,30H,5-12,15H2,1-4H3/t16-,17+,18?,19-,20-,21+,23+,24-,25-/m0/s1. The predicted molar refractivity (Wildman–Crippen MR) is 116 cm³/mol. The van der Waals surface area contributed by atoms with Crippen molar-refractivity contribution in [1.82, 2.24) is 15.0 Å². The molecule has 1 aromatic rings. The summed E-state index contributed by atoms with van der Waals surface area (Å²) in [5.74, 6) is 3.33. The second-order valence-corrected chi connectivity index (χ2v) is 12.0. The quantitative estimate of drug-likeness (QED) is 0.771. The Morgan fingerprint density at radius 3 is 2.40 bits per heavy atom. The van der Waals surface area contributed by atoms with E-state index in [0.717, 1.165) is 31.1 Å². The second-order valence-electron chi connectivity index (χ2n) is 12.0. The van der Waals surface area contributed by atoms with Crippen LogP contribution in [0.1, 0.15) is 91.5 Å². The van der Waals surface area contributed by atoms with Crippen LogP contribution in [0, 0.1) is 40.4 Å². The maximum Gasteiger partial charge on any atom is 0.162 e. The Bertz CT molecular complexity index is 805. The van der Waals surface area contributed by atoms with E-state index in [1.165, 1.54) is 38.5 Å². The molecule has 4 fully saturated rings. The van der Waals surface area contributed by atoms with E-state index in [2.05, 4.69) is 24.0 Å². The van der Waals surface area contributed by atoms with Gasteiger partial charge in [0.15, 0.2) is 5.78 Å². The van der Waals surface area contributed by atoms with E-state index in [4.69, 9.17) is 0 Å². The molecule has 0 aliphatic heterocycles. The van der Waals surface area contributed by atoms with Gasteiger partial charge in [0.2, 0.25) is 0 Å². The molecule has 5 rings (SSSR count). The minimum absolute atomic E-state index is 0.128. The summed E-state index contributed by atoms with van der Waals surface area (Å²) in [6.45, 7) is 8.96. The van der Waals surface area contributed by atoms with E-state index < -0.39 is 5.60 Å². The number of aromatic nitrogens is 3. The number of nitrogens with zero attached hydrogens (tertiary/aromatic N) is 3. The van der Waals surface area contributed by atoms with Gasteiger partial charge in [-0.15, -0.1) is 0 Å². The largest absolute Gasteiger partial charge is 0.390 e. The highest BCUT2D eigenvalue weighted by atomic mass is 16.3. The van der Waals surface area contributed by atoms with Gasteiger partial charge < -0.3 is 5.11 Å². The molecule has 1 unspecified atom stereocenters. The van der Waals surface area contributed by atoms with Gasteiger partial charge >= 0.3 is 0 Å². The molecule has 4 saturated carbocycles. The number of rotatable bonds is 3. The number of aliphatic hydroxyl groups is 1. The van der Waals surface area contributed by atoms with Crippen molar-refractivity contribution < 1.29 is 9.90 Å². The summed E-state index contributed by atoms with van der Waals surface area (Å²) in [4.78, 5) is 15.1. The average molecular weight is 414 g/mol. The van der Waals surface area contributed by atoms with Crippen molar-refractivity contribution in [3.63, 3.8) is 0 Å². The van der Waals surface area contributed by atoms with Crippen molar-refractivity contribution in [1.29, 1.82) is 0 Å². The zero-order valence-corrected chi connectivity index (χ0v) is 19.2. The fourth-order valence-electron chi connectivity index (χ4n) is 8.73. The molecule has 30 heavy (non-hydrogen) atoms. The molecular weight excluding hydrogens is 374 g/mol. The first-order chi connectivity index (χ1) is 14.2. The van der Waals surface area contributed by atoms with Crippen LogP contribution in [0.25, 0.3) is 0 Å². The SMILES string of the molecule is C[C@@H](C(=O)[C@H]1CC[C@H]2C3CC[C@@H]4C[C@](C)(O)CC[C@]4(C)[C@H]3CC[C@]12C)n1nccn1. The molecule has 5 nitrogen and oxygen atoms in total. The van der Waals surface area contributed by atoms with Gasteiger partial charge in [0.1, 0.15) is 6.04 Å². The molecule has 5 heteroatoms. The van der Waals surface area contributed by atoms with Gasteiger partial charge in [-0.2, -0.15) is 15.0 Å². The van der Waals surface area contributed by atoms with Gasteiger partial charge in [-0.1, -0.05) is 13.8 Å². The minimum Gasteiger partial charge on any atom is -0.390 e. The van der Waals surface area contributed by atoms with Gasteiger partial charge in [-0.05, 0) is 106 Å². The first-order valence-electron chi connectivity index (χ1n) is 12.3. The maximum absolute atomic E-state index is 13.5. The number of ketones is 1. The number of carbonyl (C=O) groups excluding carboxylic acids is 1. The number of fused-ring (bicyclic) bond motifs is 5. The van der Waals surface area contributed by atoms with Gasteiger partial charge in [-0.3, -0.25) is 4.79 Å². The van der Waals surface area contributed by atoms with E-state index in [0.29, 0.717) is 23.0 Å². The number of carbonyl (C=O) groups is 1. The van der Waals surface area contributed by atoms with Crippen molar-refractivity contribution in [2.45, 2.75) is 97.1 Å². The molecule has 1 N–H and O–H groups in total. The topological polar surface area (TPSA) is 68.0 Å². The van der Waals surface area contributed by atoms with E-state index in [9.17, 15) is 9.90 Å². The molecule has 0 aromatic carbocycles. The molecule has 0 spiro atoms. The Morgan fingerprint density at radius 1 is 0.967 bits per heavy atom. The fourth-order valence-corrected chi connectivity index (χ4v) is 8.73. The molecule has 9 atom stereocenters. The van der Waals surface area contributed by atoms with Gasteiger partial charge in [0.05, 0.1) is 18.0 Å². The average Bonchev–Trinajstić information content (AvgIpc) is 3.35.